The van der Waals surface area contributed by atoms with E-state index in [-0.39, 0.29) is 5.75 Å². The number of nitrogens with zero attached hydrogens (tertiary/aromatic N) is 2. The van der Waals surface area contributed by atoms with Gasteiger partial charge in [-0.05, 0) is 18.2 Å². The molecule has 2 aromatic rings. The lowest BCUT2D eigenvalue weighted by molar-refractivity contribution is 0.476. The number of hydrogen-bond acceptors (Lipinski definition) is 4. The Morgan fingerprint density at radius 2 is 2.31 bits per heavy atom. The number of aromatic nitrogens is 1. The van der Waals surface area contributed by atoms with E-state index in [1.54, 1.807) is 12.1 Å². The summed E-state index contributed by atoms with van der Waals surface area (Å²) in [7, 11) is 1.89. The molecule has 68 valence electrons. The fourth-order valence-corrected chi connectivity index (χ4v) is 2.22. The highest BCUT2D eigenvalue weighted by Crippen LogP contribution is 2.21. The first-order valence-corrected chi connectivity index (χ1v) is 4.56. The van der Waals surface area contributed by atoms with Crippen molar-refractivity contribution in [1.29, 1.82) is 0 Å². The number of benzene rings is 1. The maximum absolute atomic E-state index is 9.24. The zero-order chi connectivity index (χ0) is 9.42. The van der Waals surface area contributed by atoms with Gasteiger partial charge in [0.1, 0.15) is 5.75 Å². The standard InChI is InChI=1S/C8H9N3OS/c1-11-6-3-2-5(12)4-7(6)13-8(11)10-9/h2-4,12H,9H2,1H3/b10-8+. The van der Waals surface area contributed by atoms with E-state index >= 15 is 0 Å². The molecule has 0 atom stereocenters. The van der Waals surface area contributed by atoms with Gasteiger partial charge < -0.3 is 15.5 Å². The van der Waals surface area contributed by atoms with Crippen LogP contribution in [-0.4, -0.2) is 9.67 Å². The van der Waals surface area contributed by atoms with Crippen molar-refractivity contribution in [2.24, 2.45) is 18.0 Å². The second-order valence-corrected chi connectivity index (χ2v) is 3.73. The number of aryl methyl sites for hydroxylation is 1. The summed E-state index contributed by atoms with van der Waals surface area (Å²) in [6, 6.07) is 5.19. The van der Waals surface area contributed by atoms with Crippen LogP contribution in [0.1, 0.15) is 0 Å². The highest BCUT2D eigenvalue weighted by atomic mass is 32.1. The Morgan fingerprint density at radius 1 is 1.54 bits per heavy atom. The van der Waals surface area contributed by atoms with Gasteiger partial charge in [0.05, 0.1) is 10.2 Å². The van der Waals surface area contributed by atoms with E-state index < -0.39 is 0 Å². The normalized spacial score (nSPS) is 12.5. The fraction of sp³-hybridized carbons (Fsp3) is 0.125. The van der Waals surface area contributed by atoms with Crippen molar-refractivity contribution in [2.75, 3.05) is 0 Å². The van der Waals surface area contributed by atoms with E-state index in [1.165, 1.54) is 11.3 Å². The summed E-state index contributed by atoms with van der Waals surface area (Å²) in [6.07, 6.45) is 0. The number of rotatable bonds is 0. The molecule has 0 saturated heterocycles. The molecular weight excluding hydrogens is 186 g/mol. The quantitative estimate of drug-likeness (QED) is 0.480. The Labute approximate surface area is 78.5 Å². The number of phenolic OH excluding ortho intramolecular Hbond substituents is 1. The smallest absolute Gasteiger partial charge is 0.208 e. The average molecular weight is 195 g/mol. The van der Waals surface area contributed by atoms with Crippen molar-refractivity contribution in [1.82, 2.24) is 4.57 Å². The molecule has 0 fully saturated rings. The number of hydrogen-bond donors (Lipinski definition) is 2. The summed E-state index contributed by atoms with van der Waals surface area (Å²) in [4.78, 5) is 0.737. The monoisotopic (exact) mass is 195 g/mol. The molecule has 0 radical (unpaired) electrons. The first-order valence-electron chi connectivity index (χ1n) is 3.75. The van der Waals surface area contributed by atoms with Gasteiger partial charge in [0, 0.05) is 7.05 Å². The van der Waals surface area contributed by atoms with Crippen LogP contribution < -0.4 is 10.6 Å². The molecule has 0 bridgehead atoms. The fourth-order valence-electron chi connectivity index (χ4n) is 1.24. The largest absolute Gasteiger partial charge is 0.508 e. The summed E-state index contributed by atoms with van der Waals surface area (Å²) in [5.74, 6) is 5.47. The number of thiazole rings is 1. The molecular formula is C8H9N3OS. The Kier molecular flexibility index (Phi) is 1.73. The molecule has 0 aliphatic carbocycles. The first kappa shape index (κ1) is 8.12. The van der Waals surface area contributed by atoms with Crippen molar-refractivity contribution in [2.45, 2.75) is 0 Å². The summed E-state index contributed by atoms with van der Waals surface area (Å²) in [6.45, 7) is 0. The van der Waals surface area contributed by atoms with E-state index in [4.69, 9.17) is 5.84 Å². The molecule has 1 heterocycles. The van der Waals surface area contributed by atoms with Crippen LogP contribution in [0, 0.1) is 0 Å². The SMILES string of the molecule is Cn1/c(=N\N)sc2cc(O)ccc21. The maximum Gasteiger partial charge on any atom is 0.208 e. The second kappa shape index (κ2) is 2.77. The van der Waals surface area contributed by atoms with Gasteiger partial charge in [0.15, 0.2) is 0 Å². The zero-order valence-electron chi connectivity index (χ0n) is 7.06. The molecule has 0 unspecified atom stereocenters. The molecule has 0 aliphatic rings. The Hall–Kier alpha value is -1.49. The average Bonchev–Trinajstić information content (AvgIpc) is 2.42. The van der Waals surface area contributed by atoms with Crippen LogP contribution in [0.15, 0.2) is 23.3 Å². The predicted molar refractivity (Wildman–Crippen MR) is 52.2 cm³/mol. The number of fused-ring (bicyclic) bond motifs is 1. The molecule has 0 amide bonds. The van der Waals surface area contributed by atoms with Gasteiger partial charge in [-0.25, -0.2) is 0 Å². The number of phenols is 1. The molecule has 2 rings (SSSR count). The third-order valence-electron chi connectivity index (χ3n) is 1.90. The summed E-state index contributed by atoms with van der Waals surface area (Å²) in [5, 5.41) is 12.9. The maximum atomic E-state index is 9.24. The van der Waals surface area contributed by atoms with Crippen LogP contribution in [0.3, 0.4) is 0 Å². The lowest BCUT2D eigenvalue weighted by Gasteiger charge is -1.94. The molecule has 1 aromatic carbocycles. The van der Waals surface area contributed by atoms with Gasteiger partial charge >= 0.3 is 0 Å². The molecule has 13 heavy (non-hydrogen) atoms. The third kappa shape index (κ3) is 1.17. The predicted octanol–water partition coefficient (Wildman–Crippen LogP) is 0.720. The van der Waals surface area contributed by atoms with Crippen molar-refractivity contribution in [3.63, 3.8) is 0 Å². The van der Waals surface area contributed by atoms with Crippen LogP contribution in [0.2, 0.25) is 0 Å². The topological polar surface area (TPSA) is 63.5 Å². The number of nitrogens with two attached hydrogens (primary N) is 1. The van der Waals surface area contributed by atoms with E-state index in [0.717, 1.165) is 15.0 Å². The van der Waals surface area contributed by atoms with Gasteiger partial charge in [0.25, 0.3) is 0 Å². The molecule has 5 heteroatoms. The number of aromatic hydroxyl groups is 1. The van der Waals surface area contributed by atoms with E-state index in [2.05, 4.69) is 5.10 Å². The van der Waals surface area contributed by atoms with Crippen LogP contribution in [-0.2, 0) is 7.05 Å². The summed E-state index contributed by atoms with van der Waals surface area (Å²) in [5.41, 5.74) is 1.02. The first-order chi connectivity index (χ1) is 6.22. The Morgan fingerprint density at radius 3 is 3.00 bits per heavy atom. The molecule has 3 N–H and O–H groups in total. The molecule has 0 spiro atoms. The Bertz CT molecular complexity index is 512. The summed E-state index contributed by atoms with van der Waals surface area (Å²) >= 11 is 1.45. The molecule has 4 nitrogen and oxygen atoms in total. The van der Waals surface area contributed by atoms with Gasteiger partial charge in [-0.2, -0.15) is 5.10 Å². The minimum absolute atomic E-state index is 0.262. The van der Waals surface area contributed by atoms with Crippen LogP contribution >= 0.6 is 11.3 Å². The van der Waals surface area contributed by atoms with Crippen LogP contribution in [0.25, 0.3) is 10.2 Å². The van der Waals surface area contributed by atoms with E-state index in [1.807, 2.05) is 17.7 Å². The Balaban J connectivity index is 2.93. The third-order valence-corrected chi connectivity index (χ3v) is 3.01. The zero-order valence-corrected chi connectivity index (χ0v) is 7.88. The van der Waals surface area contributed by atoms with Crippen molar-refractivity contribution >= 4 is 21.6 Å². The highest BCUT2D eigenvalue weighted by molar-refractivity contribution is 7.16. The van der Waals surface area contributed by atoms with Gasteiger partial charge in [-0.3, -0.25) is 0 Å². The van der Waals surface area contributed by atoms with Crippen LogP contribution in [0.5, 0.6) is 5.75 Å². The van der Waals surface area contributed by atoms with E-state index in [0.29, 0.717) is 0 Å². The van der Waals surface area contributed by atoms with Gasteiger partial charge in [0.2, 0.25) is 4.80 Å². The highest BCUT2D eigenvalue weighted by Gasteiger charge is 2.02. The lowest BCUT2D eigenvalue weighted by Crippen LogP contribution is -2.11. The molecule has 0 aliphatic heterocycles. The second-order valence-electron chi connectivity index (χ2n) is 2.72. The summed E-state index contributed by atoms with van der Waals surface area (Å²) < 4.78 is 2.87. The van der Waals surface area contributed by atoms with Crippen molar-refractivity contribution in [3.8, 4) is 5.75 Å². The van der Waals surface area contributed by atoms with Gasteiger partial charge in [-0.15, -0.1) is 0 Å². The van der Waals surface area contributed by atoms with Gasteiger partial charge in [-0.1, -0.05) is 11.3 Å². The molecule has 1 aromatic heterocycles. The van der Waals surface area contributed by atoms with Crippen LogP contribution in [0.4, 0.5) is 0 Å². The molecule has 0 saturated carbocycles. The minimum Gasteiger partial charge on any atom is -0.508 e. The lowest BCUT2D eigenvalue weighted by atomic mass is 10.3. The minimum atomic E-state index is 0.262. The van der Waals surface area contributed by atoms with Crippen molar-refractivity contribution < 1.29 is 5.11 Å². The van der Waals surface area contributed by atoms with Crippen molar-refractivity contribution in [3.05, 3.63) is 23.0 Å². The van der Waals surface area contributed by atoms with E-state index in [9.17, 15) is 5.11 Å².